The van der Waals surface area contributed by atoms with Gasteiger partial charge in [0.2, 0.25) is 5.82 Å². The molecule has 8 nitrogen and oxygen atoms in total. The minimum Gasteiger partial charge on any atom is -0.496 e. The topological polar surface area (TPSA) is 97.7 Å². The van der Waals surface area contributed by atoms with Crippen LogP contribution in [0.2, 0.25) is 5.02 Å². The lowest BCUT2D eigenvalue weighted by Gasteiger charge is -2.15. The summed E-state index contributed by atoms with van der Waals surface area (Å²) in [7, 11) is 1.62. The monoisotopic (exact) mass is 422 g/mol. The van der Waals surface area contributed by atoms with E-state index in [0.717, 1.165) is 22.6 Å². The number of halogens is 1. The summed E-state index contributed by atoms with van der Waals surface area (Å²) in [6.07, 6.45) is 1.46. The van der Waals surface area contributed by atoms with Gasteiger partial charge in [0.25, 0.3) is 5.56 Å². The molecule has 0 unspecified atom stereocenters. The van der Waals surface area contributed by atoms with Gasteiger partial charge >= 0.3 is 0 Å². The van der Waals surface area contributed by atoms with Crippen LogP contribution in [-0.2, 0) is 0 Å². The summed E-state index contributed by atoms with van der Waals surface area (Å²) in [6.45, 7) is 3.99. The van der Waals surface area contributed by atoms with Gasteiger partial charge in [-0.25, -0.2) is 4.98 Å². The van der Waals surface area contributed by atoms with Crippen molar-refractivity contribution in [2.75, 3.05) is 12.4 Å². The van der Waals surface area contributed by atoms with Crippen molar-refractivity contribution in [1.29, 1.82) is 0 Å². The summed E-state index contributed by atoms with van der Waals surface area (Å²) in [5.74, 6) is 1.11. The largest absolute Gasteiger partial charge is 0.496 e. The second-order valence-corrected chi connectivity index (χ2v) is 7.14. The van der Waals surface area contributed by atoms with Gasteiger partial charge in [0.15, 0.2) is 5.69 Å². The maximum atomic E-state index is 12.8. The van der Waals surface area contributed by atoms with Gasteiger partial charge < -0.3 is 10.1 Å². The van der Waals surface area contributed by atoms with Crippen LogP contribution in [0.1, 0.15) is 11.1 Å². The molecule has 2 heterocycles. The molecule has 0 amide bonds. The first kappa shape index (κ1) is 19.7. The first-order valence-electron chi connectivity index (χ1n) is 9.15. The van der Waals surface area contributed by atoms with Crippen molar-refractivity contribution >= 4 is 23.0 Å². The van der Waals surface area contributed by atoms with Crippen molar-refractivity contribution in [3.05, 3.63) is 75.3 Å². The van der Waals surface area contributed by atoms with Crippen molar-refractivity contribution < 1.29 is 4.74 Å². The number of aromatic nitrogens is 5. The molecular formula is C21H19ClN6O2. The van der Waals surface area contributed by atoms with E-state index in [1.54, 1.807) is 31.4 Å². The molecule has 0 aliphatic rings. The predicted octanol–water partition coefficient (Wildman–Crippen LogP) is 4.04. The Morgan fingerprint density at radius 3 is 2.57 bits per heavy atom. The Kier molecular flexibility index (Phi) is 5.24. The average molecular weight is 423 g/mol. The number of hydrogen-bond acceptors (Lipinski definition) is 6. The number of anilines is 2. The van der Waals surface area contributed by atoms with Crippen LogP contribution in [0.3, 0.4) is 0 Å². The normalized spacial score (nSPS) is 10.8. The van der Waals surface area contributed by atoms with E-state index in [2.05, 4.69) is 25.6 Å². The highest BCUT2D eigenvalue weighted by Gasteiger charge is 2.16. The molecule has 4 aromatic rings. The zero-order valence-corrected chi connectivity index (χ0v) is 17.4. The van der Waals surface area contributed by atoms with Crippen LogP contribution in [0.4, 0.5) is 11.4 Å². The number of aromatic amines is 1. The number of hydrogen-bond donors (Lipinski definition) is 2. The van der Waals surface area contributed by atoms with E-state index in [1.165, 1.54) is 17.1 Å². The van der Waals surface area contributed by atoms with Crippen LogP contribution in [-0.4, -0.2) is 32.1 Å². The molecule has 4 rings (SSSR count). The van der Waals surface area contributed by atoms with Crippen LogP contribution >= 0.6 is 11.6 Å². The van der Waals surface area contributed by atoms with Crippen molar-refractivity contribution in [1.82, 2.24) is 25.0 Å². The lowest BCUT2D eigenvalue weighted by atomic mass is 10.1. The molecule has 2 aromatic heterocycles. The zero-order chi connectivity index (χ0) is 21.3. The summed E-state index contributed by atoms with van der Waals surface area (Å²) < 4.78 is 6.74. The number of aryl methyl sites for hydroxylation is 1. The van der Waals surface area contributed by atoms with Crippen molar-refractivity contribution in [3.8, 4) is 23.0 Å². The van der Waals surface area contributed by atoms with Gasteiger partial charge in [0.1, 0.15) is 12.1 Å². The SMILES string of the molecule is COc1cc(Nc2cc(=O)n(-c3ccc(Cl)cc3)nc2-c2nc[nH]n2)cc(C)c1C. The maximum Gasteiger partial charge on any atom is 0.273 e. The van der Waals surface area contributed by atoms with Gasteiger partial charge in [-0.3, -0.25) is 9.89 Å². The van der Waals surface area contributed by atoms with E-state index in [9.17, 15) is 4.79 Å². The molecule has 0 aliphatic carbocycles. The van der Waals surface area contributed by atoms with Crippen molar-refractivity contribution in [2.24, 2.45) is 0 Å². The van der Waals surface area contributed by atoms with Crippen LogP contribution < -0.4 is 15.6 Å². The number of nitrogens with one attached hydrogen (secondary N) is 2. The van der Waals surface area contributed by atoms with E-state index in [-0.39, 0.29) is 5.56 Å². The molecule has 30 heavy (non-hydrogen) atoms. The van der Waals surface area contributed by atoms with E-state index in [0.29, 0.717) is 27.9 Å². The summed E-state index contributed by atoms with van der Waals surface area (Å²) in [5, 5.41) is 15.2. The van der Waals surface area contributed by atoms with Crippen LogP contribution in [0.15, 0.2) is 53.6 Å². The Balaban J connectivity index is 1.84. The highest BCUT2D eigenvalue weighted by atomic mass is 35.5. The Morgan fingerprint density at radius 2 is 1.90 bits per heavy atom. The fraction of sp³-hybridized carbons (Fsp3) is 0.143. The minimum atomic E-state index is -0.310. The molecule has 2 N–H and O–H groups in total. The number of methoxy groups -OCH3 is 1. The number of H-pyrrole nitrogens is 1. The Hall–Kier alpha value is -3.65. The van der Waals surface area contributed by atoms with E-state index in [4.69, 9.17) is 16.3 Å². The molecule has 0 fully saturated rings. The van der Waals surface area contributed by atoms with Gasteiger partial charge in [-0.15, -0.1) is 0 Å². The predicted molar refractivity (Wildman–Crippen MR) is 116 cm³/mol. The fourth-order valence-corrected chi connectivity index (χ4v) is 3.20. The first-order valence-corrected chi connectivity index (χ1v) is 9.53. The third-order valence-corrected chi connectivity index (χ3v) is 5.00. The van der Waals surface area contributed by atoms with E-state index < -0.39 is 0 Å². The molecule has 152 valence electrons. The number of nitrogens with zero attached hydrogens (tertiary/aromatic N) is 4. The first-order chi connectivity index (χ1) is 14.5. The number of benzene rings is 2. The van der Waals surface area contributed by atoms with Gasteiger partial charge in [0, 0.05) is 22.8 Å². The number of ether oxygens (including phenoxy) is 1. The van der Waals surface area contributed by atoms with Gasteiger partial charge in [-0.05, 0) is 55.3 Å². The van der Waals surface area contributed by atoms with Crippen LogP contribution in [0.5, 0.6) is 5.75 Å². The highest BCUT2D eigenvalue weighted by Crippen LogP contribution is 2.30. The van der Waals surface area contributed by atoms with Crippen LogP contribution in [0, 0.1) is 13.8 Å². The summed E-state index contributed by atoms with van der Waals surface area (Å²) in [4.78, 5) is 17.0. The fourth-order valence-electron chi connectivity index (χ4n) is 3.07. The van der Waals surface area contributed by atoms with E-state index >= 15 is 0 Å². The summed E-state index contributed by atoms with van der Waals surface area (Å²) in [6, 6.07) is 12.2. The molecule has 0 saturated carbocycles. The molecule has 0 radical (unpaired) electrons. The third kappa shape index (κ3) is 3.77. The molecule has 0 atom stereocenters. The highest BCUT2D eigenvalue weighted by molar-refractivity contribution is 6.30. The van der Waals surface area contributed by atoms with Crippen molar-refractivity contribution in [3.63, 3.8) is 0 Å². The maximum absolute atomic E-state index is 12.8. The Bertz CT molecular complexity index is 1250. The average Bonchev–Trinajstić information content (AvgIpc) is 3.26. The molecule has 0 spiro atoms. The standard InChI is InChI=1S/C21H19ClN6O2/c1-12-8-15(9-18(30-3)13(12)2)25-17-10-19(29)28(16-6-4-14(22)5-7-16)27-20(17)21-23-11-24-26-21/h4-11,25H,1-3H3,(H,23,24,26). The zero-order valence-electron chi connectivity index (χ0n) is 16.6. The van der Waals surface area contributed by atoms with Crippen LogP contribution in [0.25, 0.3) is 17.2 Å². The number of rotatable bonds is 5. The van der Waals surface area contributed by atoms with Gasteiger partial charge in [-0.1, -0.05) is 11.6 Å². The molecule has 0 bridgehead atoms. The molecule has 0 saturated heterocycles. The smallest absolute Gasteiger partial charge is 0.273 e. The van der Waals surface area contributed by atoms with Gasteiger partial charge in [0.05, 0.1) is 18.5 Å². The molecule has 0 aliphatic heterocycles. The quantitative estimate of drug-likeness (QED) is 0.503. The second kappa shape index (κ2) is 8.00. The lowest BCUT2D eigenvalue weighted by Crippen LogP contribution is -2.22. The Labute approximate surface area is 177 Å². The van der Waals surface area contributed by atoms with Crippen molar-refractivity contribution in [2.45, 2.75) is 13.8 Å². The molecular weight excluding hydrogens is 404 g/mol. The second-order valence-electron chi connectivity index (χ2n) is 6.70. The molecule has 9 heteroatoms. The third-order valence-electron chi connectivity index (χ3n) is 4.75. The van der Waals surface area contributed by atoms with Gasteiger partial charge in [-0.2, -0.15) is 14.9 Å². The van der Waals surface area contributed by atoms with E-state index in [1.807, 2.05) is 26.0 Å². The molecule has 2 aromatic carbocycles. The lowest BCUT2D eigenvalue weighted by molar-refractivity contribution is 0.411. The summed E-state index contributed by atoms with van der Waals surface area (Å²) in [5.41, 5.74) is 4.04. The summed E-state index contributed by atoms with van der Waals surface area (Å²) >= 11 is 5.96. The Morgan fingerprint density at radius 1 is 1.13 bits per heavy atom. The minimum absolute atomic E-state index is 0.310.